The maximum absolute atomic E-state index is 11.1. The lowest BCUT2D eigenvalue weighted by molar-refractivity contribution is 0.0999. The zero-order chi connectivity index (χ0) is 13.0. The highest BCUT2D eigenvalue weighted by molar-refractivity contribution is 5.92. The number of aliphatic hydroxyl groups excluding tert-OH is 1. The van der Waals surface area contributed by atoms with Crippen LogP contribution >= 0.6 is 0 Å². The Balaban J connectivity index is 1.94. The highest BCUT2D eigenvalue weighted by Crippen LogP contribution is 2.18. The van der Waals surface area contributed by atoms with E-state index >= 15 is 0 Å². The quantitative estimate of drug-likeness (QED) is 0.835. The second-order valence-corrected chi connectivity index (χ2v) is 4.97. The number of nitrogens with zero attached hydrogens (tertiary/aromatic N) is 1. The first-order valence-electron chi connectivity index (χ1n) is 6.41. The van der Waals surface area contributed by atoms with E-state index in [0.717, 1.165) is 38.0 Å². The van der Waals surface area contributed by atoms with Gasteiger partial charge in [-0.3, -0.25) is 9.69 Å². The number of hydrogen-bond acceptors (Lipinski definition) is 3. The highest BCUT2D eigenvalue weighted by atomic mass is 16.3. The van der Waals surface area contributed by atoms with Gasteiger partial charge in [-0.15, -0.1) is 0 Å². The molecule has 0 saturated carbocycles. The van der Waals surface area contributed by atoms with Gasteiger partial charge in [0.1, 0.15) is 0 Å². The Morgan fingerprint density at radius 2 is 2.11 bits per heavy atom. The molecule has 4 nitrogen and oxygen atoms in total. The number of likely N-dealkylation sites (tertiary alicyclic amines) is 1. The maximum Gasteiger partial charge on any atom is 0.248 e. The van der Waals surface area contributed by atoms with Crippen molar-refractivity contribution in [2.75, 3.05) is 19.7 Å². The number of carbonyl (C=O) groups is 1. The van der Waals surface area contributed by atoms with Gasteiger partial charge in [-0.05, 0) is 49.5 Å². The average Bonchev–Trinajstić information content (AvgIpc) is 2.40. The van der Waals surface area contributed by atoms with Gasteiger partial charge in [0.2, 0.25) is 5.91 Å². The monoisotopic (exact) mass is 248 g/mol. The number of benzene rings is 1. The van der Waals surface area contributed by atoms with Crippen LogP contribution in [0.2, 0.25) is 0 Å². The minimum absolute atomic E-state index is 0.297. The van der Waals surface area contributed by atoms with Crippen LogP contribution < -0.4 is 5.73 Å². The van der Waals surface area contributed by atoms with E-state index in [1.54, 1.807) is 6.07 Å². The summed E-state index contributed by atoms with van der Waals surface area (Å²) in [5.41, 5.74) is 6.96. The standard InChI is InChI=1S/C14H20N2O2/c15-14(18)13-3-1-2-12(8-13)9-16-6-4-11(10-17)5-7-16/h1-3,8,11,17H,4-7,9-10H2,(H2,15,18). The molecule has 0 spiro atoms. The first-order valence-corrected chi connectivity index (χ1v) is 6.41. The predicted molar refractivity (Wildman–Crippen MR) is 70.0 cm³/mol. The fourth-order valence-electron chi connectivity index (χ4n) is 2.41. The first kappa shape index (κ1) is 13.1. The molecule has 1 aliphatic rings. The van der Waals surface area contributed by atoms with Crippen molar-refractivity contribution >= 4 is 5.91 Å². The zero-order valence-electron chi connectivity index (χ0n) is 10.5. The summed E-state index contributed by atoms with van der Waals surface area (Å²) in [5, 5.41) is 9.09. The minimum atomic E-state index is -0.379. The van der Waals surface area contributed by atoms with Crippen LogP contribution in [-0.2, 0) is 6.54 Å². The average molecular weight is 248 g/mol. The fourth-order valence-corrected chi connectivity index (χ4v) is 2.41. The van der Waals surface area contributed by atoms with Crippen LogP contribution in [0.15, 0.2) is 24.3 Å². The Labute approximate surface area is 107 Å². The molecule has 98 valence electrons. The molecule has 1 amide bonds. The van der Waals surface area contributed by atoms with E-state index in [-0.39, 0.29) is 5.91 Å². The Morgan fingerprint density at radius 1 is 1.39 bits per heavy atom. The molecule has 3 N–H and O–H groups in total. The van der Waals surface area contributed by atoms with Crippen LogP contribution in [0.3, 0.4) is 0 Å². The van der Waals surface area contributed by atoms with Gasteiger partial charge in [0.05, 0.1) is 0 Å². The molecule has 0 aromatic heterocycles. The van der Waals surface area contributed by atoms with E-state index in [4.69, 9.17) is 10.8 Å². The lowest BCUT2D eigenvalue weighted by Gasteiger charge is -2.31. The molecule has 1 aromatic rings. The van der Waals surface area contributed by atoms with Crippen molar-refractivity contribution in [3.05, 3.63) is 35.4 Å². The molecule has 1 fully saturated rings. The maximum atomic E-state index is 11.1. The third kappa shape index (κ3) is 3.31. The zero-order valence-corrected chi connectivity index (χ0v) is 10.5. The largest absolute Gasteiger partial charge is 0.396 e. The molecular formula is C14H20N2O2. The van der Waals surface area contributed by atoms with E-state index in [1.165, 1.54) is 0 Å². The van der Waals surface area contributed by atoms with Crippen LogP contribution in [0, 0.1) is 5.92 Å². The summed E-state index contributed by atoms with van der Waals surface area (Å²) < 4.78 is 0. The topological polar surface area (TPSA) is 66.6 Å². The van der Waals surface area contributed by atoms with E-state index in [0.29, 0.717) is 18.1 Å². The van der Waals surface area contributed by atoms with Gasteiger partial charge in [0, 0.05) is 18.7 Å². The number of rotatable bonds is 4. The lowest BCUT2D eigenvalue weighted by atomic mass is 9.97. The molecule has 1 saturated heterocycles. The van der Waals surface area contributed by atoms with Crippen molar-refractivity contribution < 1.29 is 9.90 Å². The van der Waals surface area contributed by atoms with Crippen LogP contribution in [-0.4, -0.2) is 35.6 Å². The molecule has 2 rings (SSSR count). The number of aliphatic hydroxyl groups is 1. The number of hydrogen-bond donors (Lipinski definition) is 2. The van der Waals surface area contributed by atoms with Crippen molar-refractivity contribution in [1.29, 1.82) is 0 Å². The van der Waals surface area contributed by atoms with Crippen molar-refractivity contribution in [2.24, 2.45) is 11.7 Å². The molecule has 18 heavy (non-hydrogen) atoms. The van der Waals surface area contributed by atoms with Gasteiger partial charge in [-0.1, -0.05) is 12.1 Å². The number of primary amides is 1. The van der Waals surface area contributed by atoms with Gasteiger partial charge in [-0.25, -0.2) is 0 Å². The van der Waals surface area contributed by atoms with Crippen LogP contribution in [0.1, 0.15) is 28.8 Å². The molecule has 0 atom stereocenters. The second-order valence-electron chi connectivity index (χ2n) is 4.97. The van der Waals surface area contributed by atoms with Gasteiger partial charge in [0.25, 0.3) is 0 Å². The Kier molecular flexibility index (Phi) is 4.33. The molecule has 1 aromatic carbocycles. The van der Waals surface area contributed by atoms with Gasteiger partial charge in [0.15, 0.2) is 0 Å². The van der Waals surface area contributed by atoms with Crippen LogP contribution in [0.5, 0.6) is 0 Å². The molecule has 1 heterocycles. The van der Waals surface area contributed by atoms with E-state index in [1.807, 2.05) is 18.2 Å². The first-order chi connectivity index (χ1) is 8.69. The fraction of sp³-hybridized carbons (Fsp3) is 0.500. The van der Waals surface area contributed by atoms with Crippen molar-refractivity contribution in [3.8, 4) is 0 Å². The number of piperidine rings is 1. The van der Waals surface area contributed by atoms with Crippen LogP contribution in [0.25, 0.3) is 0 Å². The van der Waals surface area contributed by atoms with Crippen molar-refractivity contribution in [3.63, 3.8) is 0 Å². The number of amides is 1. The summed E-state index contributed by atoms with van der Waals surface area (Å²) in [4.78, 5) is 13.5. The van der Waals surface area contributed by atoms with Gasteiger partial charge in [-0.2, -0.15) is 0 Å². The third-order valence-electron chi connectivity index (χ3n) is 3.58. The molecule has 0 unspecified atom stereocenters. The van der Waals surface area contributed by atoms with Gasteiger partial charge < -0.3 is 10.8 Å². The Morgan fingerprint density at radius 3 is 2.72 bits per heavy atom. The minimum Gasteiger partial charge on any atom is -0.396 e. The lowest BCUT2D eigenvalue weighted by Crippen LogP contribution is -2.34. The molecular weight excluding hydrogens is 228 g/mol. The summed E-state index contributed by atoms with van der Waals surface area (Å²) in [6.07, 6.45) is 2.10. The summed E-state index contributed by atoms with van der Waals surface area (Å²) in [6, 6.07) is 7.49. The smallest absolute Gasteiger partial charge is 0.248 e. The van der Waals surface area contributed by atoms with E-state index in [2.05, 4.69) is 4.90 Å². The molecule has 0 bridgehead atoms. The normalized spacial score (nSPS) is 17.8. The predicted octanol–water partition coefficient (Wildman–Crippen LogP) is 0.990. The summed E-state index contributed by atoms with van der Waals surface area (Å²) in [6.45, 7) is 3.16. The summed E-state index contributed by atoms with van der Waals surface area (Å²) in [5.74, 6) is 0.0778. The second kappa shape index (κ2) is 5.98. The van der Waals surface area contributed by atoms with Crippen molar-refractivity contribution in [1.82, 2.24) is 4.90 Å². The summed E-state index contributed by atoms with van der Waals surface area (Å²) in [7, 11) is 0. The molecule has 1 aliphatic heterocycles. The Bertz CT molecular complexity index is 412. The van der Waals surface area contributed by atoms with Crippen molar-refractivity contribution in [2.45, 2.75) is 19.4 Å². The van der Waals surface area contributed by atoms with Crippen LogP contribution in [0.4, 0.5) is 0 Å². The SMILES string of the molecule is NC(=O)c1cccc(CN2CCC(CO)CC2)c1. The number of nitrogens with two attached hydrogens (primary N) is 1. The molecule has 0 radical (unpaired) electrons. The molecule has 0 aliphatic carbocycles. The third-order valence-corrected chi connectivity index (χ3v) is 3.58. The highest BCUT2D eigenvalue weighted by Gasteiger charge is 2.18. The Hall–Kier alpha value is -1.39. The van der Waals surface area contributed by atoms with E-state index in [9.17, 15) is 4.79 Å². The van der Waals surface area contributed by atoms with E-state index < -0.39 is 0 Å². The summed E-state index contributed by atoms with van der Waals surface area (Å²) >= 11 is 0. The number of carbonyl (C=O) groups excluding carboxylic acids is 1. The van der Waals surface area contributed by atoms with Gasteiger partial charge >= 0.3 is 0 Å². The molecule has 4 heteroatoms.